The average Bonchev–Trinajstić information content (AvgIpc) is 2.77. The molecule has 1 aromatic rings. The fourth-order valence-electron chi connectivity index (χ4n) is 2.13. The third kappa shape index (κ3) is 2.20. The molecule has 0 radical (unpaired) electrons. The van der Waals surface area contributed by atoms with Gasteiger partial charge in [-0.3, -0.25) is 0 Å². The summed E-state index contributed by atoms with van der Waals surface area (Å²) in [7, 11) is 0. The van der Waals surface area contributed by atoms with Crippen LogP contribution in [0.15, 0.2) is 16.6 Å². The zero-order valence-electron chi connectivity index (χ0n) is 9.31. The number of nitrogens with two attached hydrogens (primary N) is 1. The van der Waals surface area contributed by atoms with Gasteiger partial charge in [0.2, 0.25) is 0 Å². The first-order valence-corrected chi connectivity index (χ1v) is 6.40. The Morgan fingerprint density at radius 1 is 1.75 bits per heavy atom. The van der Waals surface area contributed by atoms with Crippen molar-refractivity contribution in [1.82, 2.24) is 5.32 Å². The van der Waals surface area contributed by atoms with E-state index in [1.807, 2.05) is 18.3 Å². The molecular weight excluding hydrogens is 222 g/mol. The van der Waals surface area contributed by atoms with Gasteiger partial charge in [0.15, 0.2) is 5.84 Å². The van der Waals surface area contributed by atoms with Crippen LogP contribution in [0.5, 0.6) is 0 Å². The van der Waals surface area contributed by atoms with Crippen LogP contribution in [0.4, 0.5) is 0 Å². The molecule has 1 aliphatic carbocycles. The number of aryl methyl sites for hydroxylation is 1. The van der Waals surface area contributed by atoms with E-state index in [1.165, 1.54) is 23.3 Å². The van der Waals surface area contributed by atoms with Crippen molar-refractivity contribution < 1.29 is 5.21 Å². The van der Waals surface area contributed by atoms with E-state index in [0.29, 0.717) is 6.04 Å². The Kier molecular flexibility index (Phi) is 3.46. The van der Waals surface area contributed by atoms with E-state index >= 15 is 0 Å². The Bertz CT molecular complexity index is 388. The molecule has 88 valence electrons. The molecule has 1 aliphatic rings. The smallest absolute Gasteiger partial charge is 0.156 e. The van der Waals surface area contributed by atoms with Crippen molar-refractivity contribution in [1.29, 1.82) is 0 Å². The maximum Gasteiger partial charge on any atom is 0.156 e. The molecule has 1 heterocycles. The van der Waals surface area contributed by atoms with Gasteiger partial charge in [-0.15, -0.1) is 11.3 Å². The minimum Gasteiger partial charge on any atom is -0.409 e. The summed E-state index contributed by atoms with van der Waals surface area (Å²) in [6, 6.07) is 2.42. The van der Waals surface area contributed by atoms with Gasteiger partial charge < -0.3 is 16.3 Å². The summed E-state index contributed by atoms with van der Waals surface area (Å²) < 4.78 is 0. The van der Waals surface area contributed by atoms with E-state index in [9.17, 15) is 0 Å². The van der Waals surface area contributed by atoms with Crippen LogP contribution in [-0.2, 0) is 6.42 Å². The SMILES string of the molecule is CC(NC1CCCc2sccc21)C(N)=NO. The molecule has 0 saturated heterocycles. The Hall–Kier alpha value is -1.07. The van der Waals surface area contributed by atoms with E-state index in [2.05, 4.69) is 21.9 Å². The van der Waals surface area contributed by atoms with E-state index < -0.39 is 0 Å². The lowest BCUT2D eigenvalue weighted by Gasteiger charge is -2.26. The lowest BCUT2D eigenvalue weighted by atomic mass is 9.93. The average molecular weight is 239 g/mol. The molecule has 16 heavy (non-hydrogen) atoms. The highest BCUT2D eigenvalue weighted by molar-refractivity contribution is 7.10. The van der Waals surface area contributed by atoms with Crippen molar-refractivity contribution in [3.8, 4) is 0 Å². The normalized spacial score (nSPS) is 22.8. The second-order valence-corrected chi connectivity index (χ2v) is 5.16. The van der Waals surface area contributed by atoms with Gasteiger partial charge >= 0.3 is 0 Å². The molecule has 0 bridgehead atoms. The molecule has 4 N–H and O–H groups in total. The van der Waals surface area contributed by atoms with Crippen molar-refractivity contribution >= 4 is 17.2 Å². The largest absolute Gasteiger partial charge is 0.409 e. The summed E-state index contributed by atoms with van der Waals surface area (Å²) in [5.41, 5.74) is 6.95. The van der Waals surface area contributed by atoms with Gasteiger partial charge in [-0.2, -0.15) is 0 Å². The van der Waals surface area contributed by atoms with Gasteiger partial charge in [0.1, 0.15) is 0 Å². The van der Waals surface area contributed by atoms with E-state index in [-0.39, 0.29) is 11.9 Å². The highest BCUT2D eigenvalue weighted by Gasteiger charge is 2.23. The molecule has 2 atom stereocenters. The van der Waals surface area contributed by atoms with E-state index in [0.717, 1.165) is 6.42 Å². The van der Waals surface area contributed by atoms with Gasteiger partial charge in [-0.25, -0.2) is 0 Å². The highest BCUT2D eigenvalue weighted by Crippen LogP contribution is 2.33. The molecule has 0 fully saturated rings. The lowest BCUT2D eigenvalue weighted by molar-refractivity contribution is 0.313. The van der Waals surface area contributed by atoms with Crippen LogP contribution in [-0.4, -0.2) is 17.1 Å². The van der Waals surface area contributed by atoms with Gasteiger partial charge in [0.25, 0.3) is 0 Å². The lowest BCUT2D eigenvalue weighted by Crippen LogP contribution is -2.41. The summed E-state index contributed by atoms with van der Waals surface area (Å²) in [4.78, 5) is 1.47. The zero-order valence-corrected chi connectivity index (χ0v) is 10.1. The molecule has 0 amide bonds. The molecule has 0 aliphatic heterocycles. The third-order valence-electron chi connectivity index (χ3n) is 3.06. The monoisotopic (exact) mass is 239 g/mol. The number of thiophene rings is 1. The Morgan fingerprint density at radius 3 is 3.31 bits per heavy atom. The van der Waals surface area contributed by atoms with Crippen molar-refractivity contribution in [3.05, 3.63) is 21.9 Å². The fraction of sp³-hybridized carbons (Fsp3) is 0.545. The number of nitrogens with one attached hydrogen (secondary N) is 1. The van der Waals surface area contributed by atoms with Crippen LogP contribution in [0.3, 0.4) is 0 Å². The standard InChI is InChI=1S/C11H17N3OS/c1-7(11(12)14-15)13-9-3-2-4-10-8(9)5-6-16-10/h5-7,9,13,15H,2-4H2,1H3,(H2,12,14). The first-order valence-electron chi connectivity index (χ1n) is 5.52. The predicted octanol–water partition coefficient (Wildman–Crippen LogP) is 1.85. The van der Waals surface area contributed by atoms with Crippen LogP contribution in [0.25, 0.3) is 0 Å². The number of amidine groups is 1. The van der Waals surface area contributed by atoms with Crippen LogP contribution < -0.4 is 11.1 Å². The van der Waals surface area contributed by atoms with Crippen molar-refractivity contribution in [2.45, 2.75) is 38.3 Å². The van der Waals surface area contributed by atoms with Gasteiger partial charge in [-0.1, -0.05) is 5.16 Å². The molecule has 5 heteroatoms. The minimum absolute atomic E-state index is 0.0964. The van der Waals surface area contributed by atoms with Crippen LogP contribution >= 0.6 is 11.3 Å². The van der Waals surface area contributed by atoms with Gasteiger partial charge in [0.05, 0.1) is 6.04 Å². The summed E-state index contributed by atoms with van der Waals surface area (Å²) >= 11 is 1.82. The number of hydrogen-bond acceptors (Lipinski definition) is 4. The molecular formula is C11H17N3OS. The molecule has 4 nitrogen and oxygen atoms in total. The fourth-order valence-corrected chi connectivity index (χ4v) is 3.12. The molecule has 0 saturated carbocycles. The van der Waals surface area contributed by atoms with Gasteiger partial charge in [-0.05, 0) is 43.2 Å². The topological polar surface area (TPSA) is 70.6 Å². The quantitative estimate of drug-likeness (QED) is 0.326. The van der Waals surface area contributed by atoms with Crippen LogP contribution in [0.2, 0.25) is 0 Å². The first-order chi connectivity index (χ1) is 7.72. The molecule has 0 spiro atoms. The summed E-state index contributed by atoms with van der Waals surface area (Å²) in [5, 5.41) is 17.2. The van der Waals surface area contributed by atoms with Crippen LogP contribution in [0, 0.1) is 0 Å². The molecule has 0 aromatic carbocycles. The van der Waals surface area contributed by atoms with Crippen molar-refractivity contribution in [2.24, 2.45) is 10.9 Å². The summed E-state index contributed by atoms with van der Waals surface area (Å²) in [6.07, 6.45) is 3.50. The maximum absolute atomic E-state index is 8.61. The Labute approximate surface area is 99.2 Å². The van der Waals surface area contributed by atoms with Gasteiger partial charge in [0, 0.05) is 10.9 Å². The number of oxime groups is 1. The van der Waals surface area contributed by atoms with Crippen molar-refractivity contribution in [2.75, 3.05) is 0 Å². The van der Waals surface area contributed by atoms with Crippen molar-refractivity contribution in [3.63, 3.8) is 0 Å². The highest BCUT2D eigenvalue weighted by atomic mass is 32.1. The Morgan fingerprint density at radius 2 is 2.56 bits per heavy atom. The van der Waals surface area contributed by atoms with E-state index in [1.54, 1.807) is 0 Å². The maximum atomic E-state index is 8.61. The molecule has 2 unspecified atom stereocenters. The second kappa shape index (κ2) is 4.84. The molecule has 2 rings (SSSR count). The molecule has 1 aromatic heterocycles. The number of rotatable bonds is 3. The summed E-state index contributed by atoms with van der Waals surface area (Å²) in [5.74, 6) is 0.238. The number of hydrogen-bond donors (Lipinski definition) is 3. The number of nitrogens with zero attached hydrogens (tertiary/aromatic N) is 1. The minimum atomic E-state index is -0.0964. The Balaban J connectivity index is 2.08. The van der Waals surface area contributed by atoms with Crippen LogP contribution in [0.1, 0.15) is 36.2 Å². The predicted molar refractivity (Wildman–Crippen MR) is 66.0 cm³/mol. The second-order valence-electron chi connectivity index (χ2n) is 4.16. The van der Waals surface area contributed by atoms with E-state index in [4.69, 9.17) is 10.9 Å². The zero-order chi connectivity index (χ0) is 11.5. The summed E-state index contributed by atoms with van der Waals surface area (Å²) in [6.45, 7) is 1.91. The first kappa shape index (κ1) is 11.4. The number of fused-ring (bicyclic) bond motifs is 1. The third-order valence-corrected chi connectivity index (χ3v) is 4.06.